The fourth-order valence-corrected chi connectivity index (χ4v) is 2.49. The lowest BCUT2D eigenvalue weighted by molar-refractivity contribution is -0.124. The zero-order valence-electron chi connectivity index (χ0n) is 11.6. The number of hydrogen-bond acceptors (Lipinski definition) is 5. The molecule has 1 aromatic heterocycles. The van der Waals surface area contributed by atoms with Crippen LogP contribution in [-0.2, 0) is 4.79 Å². The van der Waals surface area contributed by atoms with Crippen molar-refractivity contribution in [2.45, 2.75) is 50.2 Å². The van der Waals surface area contributed by atoms with Gasteiger partial charge in [0.1, 0.15) is 6.33 Å². The maximum Gasteiger partial charge on any atom is 0.237 e. The minimum atomic E-state index is -0.590. The van der Waals surface area contributed by atoms with E-state index in [2.05, 4.69) is 27.4 Å². The molecule has 4 N–H and O–H groups in total. The van der Waals surface area contributed by atoms with Gasteiger partial charge in [0.15, 0.2) is 5.16 Å². The van der Waals surface area contributed by atoms with Crippen molar-refractivity contribution < 1.29 is 4.79 Å². The zero-order chi connectivity index (χ0) is 14.1. The van der Waals surface area contributed by atoms with Gasteiger partial charge in [0, 0.05) is 5.75 Å². The summed E-state index contributed by atoms with van der Waals surface area (Å²) in [6, 6.07) is 0. The van der Waals surface area contributed by atoms with Gasteiger partial charge in [0.05, 0.1) is 5.54 Å². The normalized spacial score (nSPS) is 14.2. The van der Waals surface area contributed by atoms with Crippen molar-refractivity contribution in [2.75, 3.05) is 12.3 Å². The van der Waals surface area contributed by atoms with Gasteiger partial charge >= 0.3 is 0 Å². The molecule has 0 bridgehead atoms. The van der Waals surface area contributed by atoms with Crippen LogP contribution < -0.4 is 11.1 Å². The molecule has 0 spiro atoms. The number of carbonyl (C=O) groups is 1. The van der Waals surface area contributed by atoms with E-state index in [1.165, 1.54) is 6.33 Å². The molecule has 0 radical (unpaired) electrons. The van der Waals surface area contributed by atoms with Gasteiger partial charge in [-0.2, -0.15) is 5.10 Å². The molecule has 0 aliphatic carbocycles. The lowest BCUT2D eigenvalue weighted by atomic mass is 9.94. The Balaban J connectivity index is 2.22. The number of carbonyl (C=O) groups excluding carboxylic acids is 1. The summed E-state index contributed by atoms with van der Waals surface area (Å²) in [6.45, 7) is 4.77. The average molecular weight is 285 g/mol. The molecule has 1 unspecified atom stereocenters. The number of unbranched alkanes of at least 4 members (excludes halogenated alkanes) is 1. The van der Waals surface area contributed by atoms with Gasteiger partial charge < -0.3 is 11.1 Å². The van der Waals surface area contributed by atoms with Crippen LogP contribution in [0.5, 0.6) is 0 Å². The quantitative estimate of drug-likeness (QED) is 0.445. The fourth-order valence-electron chi connectivity index (χ4n) is 1.71. The molecule has 1 atom stereocenters. The second kappa shape index (κ2) is 8.16. The molecule has 1 heterocycles. The predicted molar refractivity (Wildman–Crippen MR) is 76.9 cm³/mol. The summed E-state index contributed by atoms with van der Waals surface area (Å²) in [6.07, 6.45) is 5.23. The number of rotatable bonds is 10. The Morgan fingerprint density at radius 3 is 2.95 bits per heavy atom. The van der Waals surface area contributed by atoms with Crippen molar-refractivity contribution in [2.24, 2.45) is 5.73 Å². The second-order valence-corrected chi connectivity index (χ2v) is 5.80. The van der Waals surface area contributed by atoms with Crippen molar-refractivity contribution in [1.29, 1.82) is 0 Å². The van der Waals surface area contributed by atoms with Crippen molar-refractivity contribution in [3.05, 3.63) is 6.33 Å². The lowest BCUT2D eigenvalue weighted by Gasteiger charge is -2.27. The number of amides is 1. The molecule has 1 rings (SSSR count). The van der Waals surface area contributed by atoms with Gasteiger partial charge in [-0.3, -0.25) is 9.89 Å². The average Bonchev–Trinajstić information content (AvgIpc) is 2.89. The maximum atomic E-state index is 11.5. The highest BCUT2D eigenvalue weighted by atomic mass is 32.2. The molecule has 0 saturated heterocycles. The van der Waals surface area contributed by atoms with Crippen LogP contribution in [0.2, 0.25) is 0 Å². The third-order valence-corrected chi connectivity index (χ3v) is 3.97. The van der Waals surface area contributed by atoms with Gasteiger partial charge in [-0.15, -0.1) is 0 Å². The van der Waals surface area contributed by atoms with Gasteiger partial charge in [-0.05, 0) is 32.7 Å². The molecule has 1 aromatic rings. The van der Waals surface area contributed by atoms with Crippen LogP contribution in [0.1, 0.15) is 39.5 Å². The van der Waals surface area contributed by atoms with Crippen LogP contribution in [-0.4, -0.2) is 38.9 Å². The Morgan fingerprint density at radius 2 is 2.37 bits per heavy atom. The number of nitrogens with one attached hydrogen (secondary N) is 2. The second-order valence-electron chi connectivity index (χ2n) is 4.72. The van der Waals surface area contributed by atoms with E-state index in [4.69, 9.17) is 5.73 Å². The molecule has 6 nitrogen and oxygen atoms in total. The Hall–Kier alpha value is -1.08. The van der Waals surface area contributed by atoms with Crippen LogP contribution >= 0.6 is 11.8 Å². The topological polar surface area (TPSA) is 96.7 Å². The molecule has 19 heavy (non-hydrogen) atoms. The first-order valence-electron chi connectivity index (χ1n) is 6.61. The van der Waals surface area contributed by atoms with E-state index in [0.29, 0.717) is 0 Å². The van der Waals surface area contributed by atoms with Crippen LogP contribution in [0, 0.1) is 0 Å². The van der Waals surface area contributed by atoms with E-state index in [1.807, 2.05) is 6.92 Å². The molecule has 0 aliphatic rings. The number of nitrogens with zero attached hydrogens (tertiary/aromatic N) is 2. The van der Waals surface area contributed by atoms with Crippen LogP contribution in [0.15, 0.2) is 11.5 Å². The Morgan fingerprint density at radius 1 is 1.58 bits per heavy atom. The molecule has 1 amide bonds. The summed E-state index contributed by atoms with van der Waals surface area (Å²) in [5.74, 6) is 0.682. The maximum absolute atomic E-state index is 11.5. The van der Waals surface area contributed by atoms with E-state index in [-0.39, 0.29) is 5.91 Å². The first kappa shape index (κ1) is 16.0. The molecule has 0 aromatic carbocycles. The summed E-state index contributed by atoms with van der Waals surface area (Å²) in [5, 5.41) is 10.7. The number of primary amides is 1. The van der Waals surface area contributed by atoms with Crippen LogP contribution in [0.25, 0.3) is 0 Å². The van der Waals surface area contributed by atoms with Crippen LogP contribution in [0.4, 0.5) is 0 Å². The molecule has 108 valence electrons. The Labute approximate surface area is 118 Å². The minimum absolute atomic E-state index is 0.274. The molecular formula is C12H23N5OS. The summed E-state index contributed by atoms with van der Waals surface area (Å²) in [7, 11) is 0. The number of H-pyrrole nitrogens is 1. The van der Waals surface area contributed by atoms with Gasteiger partial charge in [-0.1, -0.05) is 25.1 Å². The predicted octanol–water partition coefficient (Wildman–Crippen LogP) is 1.31. The number of thioether (sulfide) groups is 1. The number of aromatic nitrogens is 3. The number of aromatic amines is 1. The smallest absolute Gasteiger partial charge is 0.237 e. The van der Waals surface area contributed by atoms with Crippen molar-refractivity contribution >= 4 is 17.7 Å². The largest absolute Gasteiger partial charge is 0.368 e. The number of nitrogens with two attached hydrogens (primary N) is 1. The van der Waals surface area contributed by atoms with E-state index in [0.717, 1.165) is 43.1 Å². The molecular weight excluding hydrogens is 262 g/mol. The molecule has 0 aliphatic heterocycles. The third-order valence-electron chi connectivity index (χ3n) is 3.01. The number of hydrogen-bond donors (Lipinski definition) is 3. The van der Waals surface area contributed by atoms with Gasteiger partial charge in [-0.25, -0.2) is 4.98 Å². The monoisotopic (exact) mass is 285 g/mol. The summed E-state index contributed by atoms with van der Waals surface area (Å²) in [5.41, 5.74) is 4.88. The van der Waals surface area contributed by atoms with Crippen molar-refractivity contribution in [3.63, 3.8) is 0 Å². The molecule has 7 heteroatoms. The first-order valence-corrected chi connectivity index (χ1v) is 7.60. The SMILES string of the molecule is CCCNC(C)(CCCCSc1ncn[nH]1)C(N)=O. The highest BCUT2D eigenvalue weighted by Crippen LogP contribution is 2.17. The fraction of sp³-hybridized carbons (Fsp3) is 0.750. The Kier molecular flexibility index (Phi) is 6.86. The van der Waals surface area contributed by atoms with Crippen molar-refractivity contribution in [1.82, 2.24) is 20.5 Å². The standard InChI is InChI=1S/C12H23N5OS/c1-3-7-15-12(2,10(13)18)6-4-5-8-19-11-14-9-16-17-11/h9,15H,3-8H2,1-2H3,(H2,13,18)(H,14,16,17). The van der Waals surface area contributed by atoms with Gasteiger partial charge in [0.2, 0.25) is 5.91 Å². The van der Waals surface area contributed by atoms with E-state index in [1.54, 1.807) is 11.8 Å². The van der Waals surface area contributed by atoms with Gasteiger partial charge in [0.25, 0.3) is 0 Å². The first-order chi connectivity index (χ1) is 9.08. The van der Waals surface area contributed by atoms with E-state index in [9.17, 15) is 4.79 Å². The minimum Gasteiger partial charge on any atom is -0.368 e. The highest BCUT2D eigenvalue weighted by molar-refractivity contribution is 7.99. The van der Waals surface area contributed by atoms with E-state index < -0.39 is 5.54 Å². The Bertz CT molecular complexity index is 370. The zero-order valence-corrected chi connectivity index (χ0v) is 12.4. The summed E-state index contributed by atoms with van der Waals surface area (Å²) >= 11 is 1.64. The lowest BCUT2D eigenvalue weighted by Crippen LogP contribution is -2.53. The summed E-state index contributed by atoms with van der Waals surface area (Å²) in [4.78, 5) is 15.6. The molecule has 0 fully saturated rings. The summed E-state index contributed by atoms with van der Waals surface area (Å²) < 4.78 is 0. The van der Waals surface area contributed by atoms with Crippen molar-refractivity contribution in [3.8, 4) is 0 Å². The highest BCUT2D eigenvalue weighted by Gasteiger charge is 2.29. The van der Waals surface area contributed by atoms with Crippen LogP contribution in [0.3, 0.4) is 0 Å². The molecule has 0 saturated carbocycles. The van der Waals surface area contributed by atoms with E-state index >= 15 is 0 Å². The third kappa shape index (κ3) is 5.61.